The average molecular weight is 252 g/mol. The summed E-state index contributed by atoms with van der Waals surface area (Å²) >= 11 is 4.94. The summed E-state index contributed by atoms with van der Waals surface area (Å²) < 4.78 is 0. The molecule has 0 aliphatic heterocycles. The van der Waals surface area contributed by atoms with E-state index in [-0.39, 0.29) is 10.4 Å². The number of aromatic nitrogens is 2. The zero-order valence-electron chi connectivity index (χ0n) is 10.8. The number of nitrogens with zero attached hydrogens (tertiary/aromatic N) is 2. The summed E-state index contributed by atoms with van der Waals surface area (Å²) in [5, 5.41) is 3.28. The Labute approximate surface area is 108 Å². The van der Waals surface area contributed by atoms with Crippen molar-refractivity contribution in [3.05, 3.63) is 18.1 Å². The first kappa shape index (κ1) is 13.8. The molecule has 0 saturated heterocycles. The minimum Gasteiger partial charge on any atom is -0.388 e. The molecule has 0 fully saturated rings. The summed E-state index contributed by atoms with van der Waals surface area (Å²) in [5.74, 6) is 1.23. The van der Waals surface area contributed by atoms with Crippen LogP contribution in [-0.4, -0.2) is 21.5 Å². The molecule has 0 aliphatic carbocycles. The molecular formula is C12H20N4S. The van der Waals surface area contributed by atoms with Crippen LogP contribution in [0.1, 0.15) is 33.4 Å². The highest BCUT2D eigenvalue weighted by molar-refractivity contribution is 7.80. The molecule has 0 atom stereocenters. The second kappa shape index (κ2) is 5.40. The lowest BCUT2D eigenvalue weighted by atomic mass is 9.81. The first-order valence-corrected chi connectivity index (χ1v) is 6.10. The van der Waals surface area contributed by atoms with Crippen LogP contribution < -0.4 is 11.1 Å². The van der Waals surface area contributed by atoms with Crippen LogP contribution in [0.4, 0.5) is 5.82 Å². The SMILES string of the molecule is CC(C)C(C)(C)CNc1nccnc1C(N)=S. The van der Waals surface area contributed by atoms with Crippen LogP contribution >= 0.6 is 12.2 Å². The zero-order chi connectivity index (χ0) is 13.1. The number of anilines is 1. The van der Waals surface area contributed by atoms with Crippen molar-refractivity contribution in [2.45, 2.75) is 27.7 Å². The van der Waals surface area contributed by atoms with Gasteiger partial charge in [0.15, 0.2) is 5.82 Å². The van der Waals surface area contributed by atoms with Crippen LogP contribution in [-0.2, 0) is 0 Å². The van der Waals surface area contributed by atoms with Crippen LogP contribution in [0, 0.1) is 11.3 Å². The van der Waals surface area contributed by atoms with Gasteiger partial charge in [-0.25, -0.2) is 9.97 Å². The van der Waals surface area contributed by atoms with Gasteiger partial charge in [-0.2, -0.15) is 0 Å². The fourth-order valence-electron chi connectivity index (χ4n) is 1.16. The Morgan fingerprint density at radius 2 is 2.00 bits per heavy atom. The second-order valence-corrected chi connectivity index (χ2v) is 5.55. The molecule has 0 amide bonds. The fourth-order valence-corrected chi connectivity index (χ4v) is 1.31. The normalized spacial score (nSPS) is 11.6. The summed E-state index contributed by atoms with van der Waals surface area (Å²) in [4.78, 5) is 8.62. The number of nitrogens with one attached hydrogen (secondary N) is 1. The number of thiocarbonyl (C=S) groups is 1. The van der Waals surface area contributed by atoms with Crippen LogP contribution in [0.5, 0.6) is 0 Å². The molecule has 1 rings (SSSR count). The highest BCUT2D eigenvalue weighted by Gasteiger charge is 2.22. The van der Waals surface area contributed by atoms with Gasteiger partial charge in [-0.15, -0.1) is 0 Å². The predicted octanol–water partition coefficient (Wildman–Crippen LogP) is 2.20. The van der Waals surface area contributed by atoms with Gasteiger partial charge in [0, 0.05) is 18.9 Å². The van der Waals surface area contributed by atoms with E-state index in [1.165, 1.54) is 0 Å². The largest absolute Gasteiger partial charge is 0.388 e. The first-order chi connectivity index (χ1) is 7.84. The molecule has 1 aromatic rings. The molecule has 0 aromatic carbocycles. The smallest absolute Gasteiger partial charge is 0.155 e. The van der Waals surface area contributed by atoms with Crippen molar-refractivity contribution in [1.82, 2.24) is 9.97 Å². The van der Waals surface area contributed by atoms with Crippen molar-refractivity contribution in [1.29, 1.82) is 0 Å². The van der Waals surface area contributed by atoms with Crippen molar-refractivity contribution in [3.63, 3.8) is 0 Å². The number of nitrogens with two attached hydrogens (primary N) is 1. The molecule has 4 nitrogen and oxygen atoms in total. The van der Waals surface area contributed by atoms with E-state index in [0.29, 0.717) is 17.4 Å². The van der Waals surface area contributed by atoms with Crippen LogP contribution in [0.3, 0.4) is 0 Å². The van der Waals surface area contributed by atoms with Gasteiger partial charge >= 0.3 is 0 Å². The Kier molecular flexibility index (Phi) is 4.40. The van der Waals surface area contributed by atoms with E-state index < -0.39 is 0 Å². The third-order valence-electron chi connectivity index (χ3n) is 3.21. The maximum absolute atomic E-state index is 5.60. The molecule has 0 radical (unpaired) electrons. The quantitative estimate of drug-likeness (QED) is 0.787. The van der Waals surface area contributed by atoms with Gasteiger partial charge in [0.1, 0.15) is 10.7 Å². The molecule has 1 heterocycles. The van der Waals surface area contributed by atoms with Gasteiger partial charge in [0.2, 0.25) is 0 Å². The van der Waals surface area contributed by atoms with Gasteiger partial charge in [-0.05, 0) is 11.3 Å². The minimum absolute atomic E-state index is 0.172. The first-order valence-electron chi connectivity index (χ1n) is 5.69. The Hall–Kier alpha value is -1.23. The topological polar surface area (TPSA) is 63.8 Å². The average Bonchev–Trinajstić information content (AvgIpc) is 2.26. The Morgan fingerprint density at radius 3 is 2.53 bits per heavy atom. The zero-order valence-corrected chi connectivity index (χ0v) is 11.6. The monoisotopic (exact) mass is 252 g/mol. The van der Waals surface area contributed by atoms with E-state index in [2.05, 4.69) is 43.0 Å². The van der Waals surface area contributed by atoms with Gasteiger partial charge < -0.3 is 11.1 Å². The molecular weight excluding hydrogens is 232 g/mol. The molecule has 3 N–H and O–H groups in total. The lowest BCUT2D eigenvalue weighted by molar-refractivity contribution is 0.269. The molecule has 0 aliphatic rings. The summed E-state index contributed by atoms with van der Waals surface area (Å²) in [6.45, 7) is 9.63. The number of rotatable bonds is 5. The molecule has 5 heteroatoms. The maximum Gasteiger partial charge on any atom is 0.155 e. The third kappa shape index (κ3) is 3.63. The molecule has 0 unspecified atom stereocenters. The number of hydrogen-bond acceptors (Lipinski definition) is 4. The van der Waals surface area contributed by atoms with E-state index in [9.17, 15) is 0 Å². The summed E-state index contributed by atoms with van der Waals surface area (Å²) in [7, 11) is 0. The van der Waals surface area contributed by atoms with E-state index >= 15 is 0 Å². The summed E-state index contributed by atoms with van der Waals surface area (Å²) in [6.07, 6.45) is 3.22. The van der Waals surface area contributed by atoms with Gasteiger partial charge in [-0.3, -0.25) is 0 Å². The van der Waals surface area contributed by atoms with E-state index in [0.717, 1.165) is 6.54 Å². The molecule has 1 aromatic heterocycles. The molecule has 17 heavy (non-hydrogen) atoms. The van der Waals surface area contributed by atoms with Gasteiger partial charge in [0.05, 0.1) is 0 Å². The number of hydrogen-bond donors (Lipinski definition) is 2. The van der Waals surface area contributed by atoms with E-state index in [1.807, 2.05) is 0 Å². The molecule has 0 saturated carbocycles. The molecule has 0 spiro atoms. The Morgan fingerprint density at radius 1 is 1.41 bits per heavy atom. The fraction of sp³-hybridized carbons (Fsp3) is 0.583. The second-order valence-electron chi connectivity index (χ2n) is 5.11. The highest BCUT2D eigenvalue weighted by Crippen LogP contribution is 2.26. The van der Waals surface area contributed by atoms with Crippen LogP contribution in [0.15, 0.2) is 12.4 Å². The highest BCUT2D eigenvalue weighted by atomic mass is 32.1. The van der Waals surface area contributed by atoms with Crippen molar-refractivity contribution < 1.29 is 0 Å². The van der Waals surface area contributed by atoms with Crippen molar-refractivity contribution in [3.8, 4) is 0 Å². The van der Waals surface area contributed by atoms with Crippen molar-refractivity contribution in [2.24, 2.45) is 17.1 Å². The minimum atomic E-state index is 0.172. The van der Waals surface area contributed by atoms with E-state index in [4.69, 9.17) is 18.0 Å². The standard InChI is InChI=1S/C12H20N4S/c1-8(2)12(3,4)7-16-11-9(10(13)17)14-5-6-15-11/h5-6,8H,7H2,1-4H3,(H2,13,17)(H,15,16). The van der Waals surface area contributed by atoms with E-state index in [1.54, 1.807) is 12.4 Å². The third-order valence-corrected chi connectivity index (χ3v) is 3.40. The lowest BCUT2D eigenvalue weighted by Crippen LogP contribution is -2.29. The van der Waals surface area contributed by atoms with Crippen molar-refractivity contribution in [2.75, 3.05) is 11.9 Å². The maximum atomic E-state index is 5.60. The molecule has 94 valence electrons. The predicted molar refractivity (Wildman–Crippen MR) is 75.0 cm³/mol. The van der Waals surface area contributed by atoms with Crippen molar-refractivity contribution >= 4 is 23.0 Å². The molecule has 0 bridgehead atoms. The van der Waals surface area contributed by atoms with Gasteiger partial charge in [0.25, 0.3) is 0 Å². The Bertz CT molecular complexity index is 401. The van der Waals surface area contributed by atoms with Crippen LogP contribution in [0.2, 0.25) is 0 Å². The summed E-state index contributed by atoms with van der Waals surface area (Å²) in [6, 6.07) is 0. The van der Waals surface area contributed by atoms with Crippen LogP contribution in [0.25, 0.3) is 0 Å². The summed E-state index contributed by atoms with van der Waals surface area (Å²) in [5.41, 5.74) is 6.33. The Balaban J connectivity index is 2.79. The van der Waals surface area contributed by atoms with Gasteiger partial charge in [-0.1, -0.05) is 39.9 Å². The lowest BCUT2D eigenvalue weighted by Gasteiger charge is -2.29.